The monoisotopic (exact) mass is 285 g/mol. The van der Waals surface area contributed by atoms with Crippen molar-refractivity contribution in [1.82, 2.24) is 19.9 Å². The van der Waals surface area contributed by atoms with Crippen LogP contribution in [0.15, 0.2) is 6.33 Å². The molecule has 1 unspecified atom stereocenters. The Balaban J connectivity index is 2.42. The zero-order valence-corrected chi connectivity index (χ0v) is 12.2. The number of hydrogen-bond acceptors (Lipinski definition) is 5. The Bertz CT molecular complexity index is 529. The van der Waals surface area contributed by atoms with Crippen LogP contribution in [0.2, 0.25) is 5.28 Å². The average molecular weight is 286 g/mol. The summed E-state index contributed by atoms with van der Waals surface area (Å²) in [4.78, 5) is 17.8. The highest BCUT2D eigenvalue weighted by atomic mass is 35.5. The second kappa shape index (κ2) is 5.75. The Hall–Kier alpha value is -1.01. The van der Waals surface area contributed by atoms with Crippen LogP contribution in [0.25, 0.3) is 11.2 Å². The highest BCUT2D eigenvalue weighted by Gasteiger charge is 2.18. The van der Waals surface area contributed by atoms with Crippen molar-refractivity contribution in [3.05, 3.63) is 11.6 Å². The Labute approximate surface area is 115 Å². The molecule has 5 nitrogen and oxygen atoms in total. The number of imidazole rings is 1. The van der Waals surface area contributed by atoms with Gasteiger partial charge in [0.1, 0.15) is 5.52 Å². The minimum atomic E-state index is 0.232. The third-order valence-corrected chi connectivity index (χ3v) is 3.84. The third kappa shape index (κ3) is 2.54. The number of anilines is 1. The maximum absolute atomic E-state index is 5.94. The van der Waals surface area contributed by atoms with Gasteiger partial charge in [-0.2, -0.15) is 21.7 Å². The van der Waals surface area contributed by atoms with Crippen LogP contribution in [0, 0.1) is 0 Å². The summed E-state index contributed by atoms with van der Waals surface area (Å²) in [5, 5.41) is 0.232. The maximum atomic E-state index is 5.94. The number of halogens is 1. The van der Waals surface area contributed by atoms with E-state index in [2.05, 4.69) is 38.0 Å². The van der Waals surface area contributed by atoms with E-state index in [1.165, 1.54) is 0 Å². The van der Waals surface area contributed by atoms with Gasteiger partial charge in [0.25, 0.3) is 0 Å². The molecule has 2 rings (SSSR count). The fraction of sp³-hybridized carbons (Fsp3) is 0.545. The number of aromatic amines is 1. The van der Waals surface area contributed by atoms with Crippen LogP contribution in [0.5, 0.6) is 0 Å². The van der Waals surface area contributed by atoms with Crippen molar-refractivity contribution in [3.63, 3.8) is 0 Å². The lowest BCUT2D eigenvalue weighted by Crippen LogP contribution is -2.34. The molecule has 98 valence electrons. The largest absolute Gasteiger partial charge is 0.354 e. The molecule has 0 fully saturated rings. The predicted molar refractivity (Wildman–Crippen MR) is 77.6 cm³/mol. The van der Waals surface area contributed by atoms with E-state index in [1.807, 2.05) is 18.8 Å². The molecule has 0 bridgehead atoms. The fourth-order valence-corrected chi connectivity index (χ4v) is 2.92. The minimum absolute atomic E-state index is 0.232. The molecule has 0 radical (unpaired) electrons. The Morgan fingerprint density at radius 3 is 2.94 bits per heavy atom. The molecule has 0 aromatic carbocycles. The summed E-state index contributed by atoms with van der Waals surface area (Å²) < 4.78 is 0. The molecule has 7 heteroatoms. The summed E-state index contributed by atoms with van der Waals surface area (Å²) in [5.74, 6) is 1.85. The van der Waals surface area contributed by atoms with Crippen LogP contribution >= 0.6 is 23.4 Å². The topological polar surface area (TPSA) is 57.7 Å². The van der Waals surface area contributed by atoms with E-state index in [0.717, 1.165) is 23.5 Å². The van der Waals surface area contributed by atoms with Gasteiger partial charge >= 0.3 is 0 Å². The van der Waals surface area contributed by atoms with E-state index in [-0.39, 0.29) is 5.28 Å². The van der Waals surface area contributed by atoms with Crippen LogP contribution in [-0.4, -0.2) is 45.0 Å². The minimum Gasteiger partial charge on any atom is -0.354 e. The molecule has 2 heterocycles. The quantitative estimate of drug-likeness (QED) is 0.856. The van der Waals surface area contributed by atoms with Crippen molar-refractivity contribution in [1.29, 1.82) is 0 Å². The number of rotatable bonds is 5. The van der Waals surface area contributed by atoms with Crippen molar-refractivity contribution in [3.8, 4) is 0 Å². The fourth-order valence-electron chi connectivity index (χ4n) is 1.92. The van der Waals surface area contributed by atoms with Gasteiger partial charge in [0.05, 0.1) is 6.33 Å². The molecule has 0 spiro atoms. The summed E-state index contributed by atoms with van der Waals surface area (Å²) in [6, 6.07) is 0.414. The maximum Gasteiger partial charge on any atom is 0.226 e. The van der Waals surface area contributed by atoms with Crippen LogP contribution in [-0.2, 0) is 0 Å². The van der Waals surface area contributed by atoms with E-state index in [1.54, 1.807) is 6.33 Å². The van der Waals surface area contributed by atoms with Gasteiger partial charge in [-0.25, -0.2) is 4.98 Å². The summed E-state index contributed by atoms with van der Waals surface area (Å²) in [7, 11) is 2.03. The summed E-state index contributed by atoms with van der Waals surface area (Å²) in [6.07, 6.45) is 4.77. The van der Waals surface area contributed by atoms with Crippen LogP contribution < -0.4 is 4.90 Å². The molecular formula is C11H16ClN5S. The van der Waals surface area contributed by atoms with Crippen molar-refractivity contribution in [2.75, 3.05) is 24.0 Å². The number of aromatic nitrogens is 4. The van der Waals surface area contributed by atoms with Crippen molar-refractivity contribution in [2.45, 2.75) is 19.4 Å². The number of H-pyrrole nitrogens is 1. The first-order valence-corrected chi connectivity index (χ1v) is 7.53. The average Bonchev–Trinajstić information content (AvgIpc) is 2.82. The Kier molecular flexibility index (Phi) is 4.29. The Morgan fingerprint density at radius 1 is 1.50 bits per heavy atom. The molecule has 0 saturated heterocycles. The van der Waals surface area contributed by atoms with E-state index in [9.17, 15) is 0 Å². The molecular weight excluding hydrogens is 270 g/mol. The molecule has 0 aliphatic rings. The van der Waals surface area contributed by atoms with Crippen molar-refractivity contribution in [2.24, 2.45) is 0 Å². The lowest BCUT2D eigenvalue weighted by molar-refractivity contribution is 0.667. The Morgan fingerprint density at radius 2 is 2.28 bits per heavy atom. The first-order valence-electron chi connectivity index (χ1n) is 5.75. The van der Waals surface area contributed by atoms with Crippen molar-refractivity contribution < 1.29 is 0 Å². The number of thioether (sulfide) groups is 1. The smallest absolute Gasteiger partial charge is 0.226 e. The number of nitrogens with one attached hydrogen (secondary N) is 1. The number of hydrogen-bond donors (Lipinski definition) is 1. The molecule has 2 aromatic rings. The van der Waals surface area contributed by atoms with Crippen LogP contribution in [0.4, 0.5) is 5.82 Å². The first kappa shape index (κ1) is 13.4. The van der Waals surface area contributed by atoms with E-state index < -0.39 is 0 Å². The van der Waals surface area contributed by atoms with Gasteiger partial charge in [0.2, 0.25) is 5.28 Å². The summed E-state index contributed by atoms with van der Waals surface area (Å²) in [5.41, 5.74) is 1.44. The van der Waals surface area contributed by atoms with Gasteiger partial charge in [-0.1, -0.05) is 6.92 Å². The van der Waals surface area contributed by atoms with E-state index in [4.69, 9.17) is 11.6 Å². The summed E-state index contributed by atoms with van der Waals surface area (Å²) in [6.45, 7) is 2.17. The molecule has 18 heavy (non-hydrogen) atoms. The predicted octanol–water partition coefficient (Wildman–Crippen LogP) is 2.58. The zero-order valence-electron chi connectivity index (χ0n) is 10.6. The van der Waals surface area contributed by atoms with Gasteiger partial charge in [0.15, 0.2) is 11.5 Å². The molecule has 1 atom stereocenters. The van der Waals surface area contributed by atoms with Gasteiger partial charge < -0.3 is 9.88 Å². The second-order valence-corrected chi connectivity index (χ2v) is 5.29. The molecule has 0 aliphatic heterocycles. The molecule has 0 amide bonds. The van der Waals surface area contributed by atoms with E-state index >= 15 is 0 Å². The molecule has 2 aromatic heterocycles. The second-order valence-electron chi connectivity index (χ2n) is 4.05. The normalized spacial score (nSPS) is 12.9. The highest BCUT2D eigenvalue weighted by Crippen LogP contribution is 2.24. The van der Waals surface area contributed by atoms with Gasteiger partial charge in [-0.15, -0.1) is 0 Å². The molecule has 1 N–H and O–H groups in total. The molecule has 0 saturated carbocycles. The lowest BCUT2D eigenvalue weighted by atomic mass is 10.2. The first-order chi connectivity index (χ1) is 8.67. The summed E-state index contributed by atoms with van der Waals surface area (Å²) >= 11 is 7.77. The van der Waals surface area contributed by atoms with Gasteiger partial charge in [-0.05, 0) is 24.3 Å². The van der Waals surface area contributed by atoms with Crippen molar-refractivity contribution >= 4 is 40.3 Å². The number of nitrogens with zero attached hydrogens (tertiary/aromatic N) is 4. The molecule has 0 aliphatic carbocycles. The standard InChI is InChI=1S/C11H16ClN5S/c1-4-7(5-18-3)17(2)10-8-9(14-6-13-8)15-11(12)16-10/h6-7H,4-5H2,1-3H3,(H,13,14,15,16). The van der Waals surface area contributed by atoms with E-state index in [0.29, 0.717) is 11.7 Å². The highest BCUT2D eigenvalue weighted by molar-refractivity contribution is 7.98. The van der Waals surface area contributed by atoms with Gasteiger partial charge in [0, 0.05) is 18.8 Å². The van der Waals surface area contributed by atoms with Crippen LogP contribution in [0.3, 0.4) is 0 Å². The third-order valence-electron chi connectivity index (χ3n) is 2.95. The zero-order chi connectivity index (χ0) is 13.1. The number of fused-ring (bicyclic) bond motifs is 1. The lowest BCUT2D eigenvalue weighted by Gasteiger charge is -2.27. The SMILES string of the molecule is CCC(CSC)N(C)c1nc(Cl)nc2nc[nH]c12. The van der Waals surface area contributed by atoms with Gasteiger partial charge in [-0.3, -0.25) is 0 Å². The van der Waals surface area contributed by atoms with Crippen LogP contribution in [0.1, 0.15) is 13.3 Å².